The van der Waals surface area contributed by atoms with Gasteiger partial charge in [-0.25, -0.2) is 0 Å². The van der Waals surface area contributed by atoms with Crippen LogP contribution in [0.1, 0.15) is 58.4 Å². The Kier molecular flexibility index (Phi) is 5.74. The molecule has 0 spiro atoms. The summed E-state index contributed by atoms with van der Waals surface area (Å²) < 4.78 is 0. The van der Waals surface area contributed by atoms with E-state index in [1.807, 2.05) is 24.3 Å². The second kappa shape index (κ2) is 8.23. The largest absolute Gasteiger partial charge is 0.339 e. The van der Waals surface area contributed by atoms with E-state index in [1.54, 1.807) is 4.90 Å². The molecule has 1 aliphatic carbocycles. The fraction of sp³-hybridized carbons (Fsp3) is 0.600. The van der Waals surface area contributed by atoms with Crippen LogP contribution in [0.2, 0.25) is 0 Å². The average molecular weight is 437 g/mol. The summed E-state index contributed by atoms with van der Waals surface area (Å²) in [5.74, 6) is -0.0550. The zero-order valence-corrected chi connectivity index (χ0v) is 19.2. The van der Waals surface area contributed by atoms with Crippen molar-refractivity contribution in [3.05, 3.63) is 29.8 Å². The predicted molar refractivity (Wildman–Crippen MR) is 120 cm³/mol. The number of amides is 3. The number of carbonyl (C=O) groups is 3. The van der Waals surface area contributed by atoms with Crippen LogP contribution in [0.15, 0.2) is 24.3 Å². The average Bonchev–Trinajstić information content (AvgIpc) is 3.07. The molecule has 0 radical (unpaired) electrons. The third-order valence-electron chi connectivity index (χ3n) is 7.59. The van der Waals surface area contributed by atoms with E-state index in [9.17, 15) is 19.6 Å². The number of anilines is 1. The van der Waals surface area contributed by atoms with E-state index < -0.39 is 18.0 Å². The topological polar surface area (TPSA) is 102 Å². The Labute approximate surface area is 189 Å². The van der Waals surface area contributed by atoms with Gasteiger partial charge in [-0.1, -0.05) is 45.9 Å². The molecule has 5 atom stereocenters. The number of rotatable bonds is 7. The molecule has 3 amide bonds. The van der Waals surface area contributed by atoms with Gasteiger partial charge in [0.1, 0.15) is 12.1 Å². The molecular formula is C25H32N4O3. The van der Waals surface area contributed by atoms with Crippen molar-refractivity contribution in [1.29, 1.82) is 5.26 Å². The number of nitriles is 1. The van der Waals surface area contributed by atoms with Gasteiger partial charge in [0.05, 0.1) is 12.0 Å². The smallest absolute Gasteiger partial charge is 0.244 e. The number of hydrogen-bond donors (Lipinski definition) is 2. The first-order valence-corrected chi connectivity index (χ1v) is 11.5. The Morgan fingerprint density at radius 3 is 2.72 bits per heavy atom. The normalized spacial score (nSPS) is 27.9. The first-order chi connectivity index (χ1) is 15.1. The summed E-state index contributed by atoms with van der Waals surface area (Å²) in [5.41, 5.74) is 1.62. The Bertz CT molecular complexity index is 980. The summed E-state index contributed by atoms with van der Waals surface area (Å²) >= 11 is 0. The van der Waals surface area contributed by atoms with Crippen LogP contribution in [0, 0.1) is 34.5 Å². The Balaban J connectivity index is 1.46. The molecule has 2 fully saturated rings. The fourth-order valence-electron chi connectivity index (χ4n) is 5.55. The van der Waals surface area contributed by atoms with Gasteiger partial charge in [0.25, 0.3) is 0 Å². The van der Waals surface area contributed by atoms with E-state index in [0.29, 0.717) is 24.8 Å². The van der Waals surface area contributed by atoms with Crippen molar-refractivity contribution in [2.24, 2.45) is 23.2 Å². The monoisotopic (exact) mass is 436 g/mol. The highest BCUT2D eigenvalue weighted by molar-refractivity contribution is 6.03. The van der Waals surface area contributed by atoms with Gasteiger partial charge in [0.2, 0.25) is 17.7 Å². The molecule has 2 aliphatic heterocycles. The molecule has 0 bridgehead atoms. The molecule has 7 nitrogen and oxygen atoms in total. The number of fused-ring (bicyclic) bond motifs is 2. The van der Waals surface area contributed by atoms with Crippen LogP contribution in [0.4, 0.5) is 5.69 Å². The number of nitrogens with zero attached hydrogens (tertiary/aromatic N) is 2. The summed E-state index contributed by atoms with van der Waals surface area (Å²) in [6, 6.07) is 8.22. The standard InChI is InChI=1S/C25H32N4O3/c1-14(2)9-10-20(30)29-13-18-21(25(18,3)4)22(29)24(32)27-15(12-26)11-17-16-7-5-6-8-19(16)28-23(17)31/h5-8,14-15,17-18,21-22H,9-11,13H2,1-4H3,(H,27,32)(H,28,31)/t15-,17?,18-,21?,22-/m0/s1. The van der Waals surface area contributed by atoms with Gasteiger partial charge in [0, 0.05) is 18.7 Å². The lowest BCUT2D eigenvalue weighted by molar-refractivity contribution is -0.140. The van der Waals surface area contributed by atoms with Gasteiger partial charge in [-0.2, -0.15) is 5.26 Å². The number of para-hydroxylation sites is 1. The van der Waals surface area contributed by atoms with Gasteiger partial charge in [-0.3, -0.25) is 14.4 Å². The van der Waals surface area contributed by atoms with Gasteiger partial charge in [-0.15, -0.1) is 0 Å². The van der Waals surface area contributed by atoms with E-state index in [2.05, 4.69) is 44.4 Å². The summed E-state index contributed by atoms with van der Waals surface area (Å²) in [7, 11) is 0. The van der Waals surface area contributed by atoms with Crippen molar-refractivity contribution < 1.29 is 14.4 Å². The summed E-state index contributed by atoms with van der Waals surface area (Å²) in [4.78, 5) is 40.4. The highest BCUT2D eigenvalue weighted by Gasteiger charge is 2.69. The van der Waals surface area contributed by atoms with Crippen LogP contribution < -0.4 is 10.6 Å². The minimum atomic E-state index is -0.807. The molecule has 2 N–H and O–H groups in total. The second-order valence-electron chi connectivity index (χ2n) is 10.4. The van der Waals surface area contributed by atoms with Crippen molar-refractivity contribution in [1.82, 2.24) is 10.2 Å². The number of nitrogens with one attached hydrogen (secondary N) is 2. The van der Waals surface area contributed by atoms with E-state index >= 15 is 0 Å². The van der Waals surface area contributed by atoms with E-state index in [-0.39, 0.29) is 35.5 Å². The molecule has 3 aliphatic rings. The van der Waals surface area contributed by atoms with Crippen molar-refractivity contribution in [3.8, 4) is 6.07 Å². The Morgan fingerprint density at radius 1 is 1.31 bits per heavy atom. The minimum absolute atomic E-state index is 0.0134. The molecule has 4 rings (SSSR count). The number of hydrogen-bond acceptors (Lipinski definition) is 4. The van der Waals surface area contributed by atoms with Crippen LogP contribution in [0.3, 0.4) is 0 Å². The number of piperidine rings is 1. The van der Waals surface area contributed by atoms with Crippen molar-refractivity contribution >= 4 is 23.4 Å². The maximum absolute atomic E-state index is 13.3. The third kappa shape index (κ3) is 3.87. The zero-order chi connectivity index (χ0) is 23.2. The van der Waals surface area contributed by atoms with Crippen molar-refractivity contribution in [2.45, 2.75) is 65.0 Å². The molecular weight excluding hydrogens is 404 g/mol. The Morgan fingerprint density at radius 2 is 2.03 bits per heavy atom. The maximum atomic E-state index is 13.3. The van der Waals surface area contributed by atoms with Crippen LogP contribution in [-0.4, -0.2) is 41.2 Å². The number of benzene rings is 1. The fourth-order valence-corrected chi connectivity index (χ4v) is 5.55. The molecule has 2 heterocycles. The quantitative estimate of drug-likeness (QED) is 0.686. The highest BCUT2D eigenvalue weighted by atomic mass is 16.2. The maximum Gasteiger partial charge on any atom is 0.244 e. The molecule has 2 unspecified atom stereocenters. The second-order valence-corrected chi connectivity index (χ2v) is 10.4. The highest BCUT2D eigenvalue weighted by Crippen LogP contribution is 2.64. The SMILES string of the molecule is CC(C)CCC(=O)N1C[C@H]2C([C@H]1C(=O)N[C@H](C#N)CC1C(=O)Nc3ccccc31)C2(C)C. The van der Waals surface area contributed by atoms with E-state index in [1.165, 1.54) is 0 Å². The first kappa shape index (κ1) is 22.3. The molecule has 1 aromatic rings. The van der Waals surface area contributed by atoms with Gasteiger partial charge in [0.15, 0.2) is 0 Å². The summed E-state index contributed by atoms with van der Waals surface area (Å²) in [6.45, 7) is 9.04. The summed E-state index contributed by atoms with van der Waals surface area (Å²) in [5, 5.41) is 15.4. The molecule has 7 heteroatoms. The van der Waals surface area contributed by atoms with E-state index in [4.69, 9.17) is 0 Å². The van der Waals surface area contributed by atoms with Gasteiger partial charge < -0.3 is 15.5 Å². The molecule has 32 heavy (non-hydrogen) atoms. The van der Waals surface area contributed by atoms with Crippen molar-refractivity contribution in [2.75, 3.05) is 11.9 Å². The van der Waals surface area contributed by atoms with Crippen molar-refractivity contribution in [3.63, 3.8) is 0 Å². The van der Waals surface area contributed by atoms with Crippen LogP contribution >= 0.6 is 0 Å². The van der Waals surface area contributed by atoms with Crippen LogP contribution in [-0.2, 0) is 14.4 Å². The van der Waals surface area contributed by atoms with Gasteiger partial charge >= 0.3 is 0 Å². The number of likely N-dealkylation sites (tertiary alicyclic amines) is 1. The molecule has 170 valence electrons. The molecule has 1 saturated carbocycles. The summed E-state index contributed by atoms with van der Waals surface area (Å²) in [6.07, 6.45) is 1.43. The Hall–Kier alpha value is -2.88. The lowest BCUT2D eigenvalue weighted by Crippen LogP contribution is -2.52. The minimum Gasteiger partial charge on any atom is -0.339 e. The van der Waals surface area contributed by atoms with Gasteiger partial charge in [-0.05, 0) is 47.6 Å². The predicted octanol–water partition coefficient (Wildman–Crippen LogP) is 3.04. The lowest BCUT2D eigenvalue weighted by Gasteiger charge is -2.31. The molecule has 1 saturated heterocycles. The van der Waals surface area contributed by atoms with E-state index in [0.717, 1.165) is 17.7 Å². The molecule has 0 aromatic heterocycles. The number of carbonyl (C=O) groups excluding carboxylic acids is 3. The zero-order valence-electron chi connectivity index (χ0n) is 19.2. The van der Waals surface area contributed by atoms with Crippen LogP contribution in [0.5, 0.6) is 0 Å². The lowest BCUT2D eigenvalue weighted by atomic mass is 9.93. The first-order valence-electron chi connectivity index (χ1n) is 11.5. The third-order valence-corrected chi connectivity index (χ3v) is 7.59. The van der Waals surface area contributed by atoms with Crippen LogP contribution in [0.25, 0.3) is 0 Å². The molecule has 1 aromatic carbocycles.